The number of pyridine rings is 1. The number of carbonyl (C=O) groups excluding carboxylic acids is 1. The topological polar surface area (TPSA) is 139 Å². The van der Waals surface area contributed by atoms with E-state index in [2.05, 4.69) is 20.5 Å². The zero-order chi connectivity index (χ0) is 20.1. The molecule has 142 valence electrons. The van der Waals surface area contributed by atoms with Crippen molar-refractivity contribution in [1.29, 1.82) is 0 Å². The van der Waals surface area contributed by atoms with Crippen LogP contribution in [0.15, 0.2) is 63.5 Å². The van der Waals surface area contributed by atoms with Crippen LogP contribution in [0.2, 0.25) is 0 Å². The van der Waals surface area contributed by atoms with Crippen molar-refractivity contribution in [3.8, 4) is 17.3 Å². The first-order chi connectivity index (χ1) is 13.5. The van der Waals surface area contributed by atoms with Gasteiger partial charge in [-0.25, -0.2) is 14.8 Å². The molecule has 3 rings (SSSR count). The number of carbonyl (C=O) groups is 1. The maximum Gasteiger partial charge on any atom is 0.335 e. The number of benzene rings is 1. The molecule has 0 bridgehead atoms. The molecular weight excluding hydrogens is 366 g/mol. The number of aromatic hydroxyl groups is 1. The molecule has 2 aromatic heterocycles. The number of aromatic nitrogens is 3. The van der Waals surface area contributed by atoms with Gasteiger partial charge in [-0.1, -0.05) is 0 Å². The molecule has 1 aromatic carbocycles. The largest absolute Gasteiger partial charge is 0.497 e. The normalized spacial score (nSPS) is 10.8. The number of nitrogens with one attached hydrogen (secondary N) is 2. The second-order valence-electron chi connectivity index (χ2n) is 5.47. The second kappa shape index (κ2) is 7.99. The quantitative estimate of drug-likeness (QED) is 0.432. The monoisotopic (exact) mass is 381 g/mol. The molecule has 0 fully saturated rings. The maximum atomic E-state index is 12.1. The smallest absolute Gasteiger partial charge is 0.335 e. The summed E-state index contributed by atoms with van der Waals surface area (Å²) in [5, 5.41) is 14.1. The lowest BCUT2D eigenvalue weighted by Crippen LogP contribution is -2.31. The summed E-state index contributed by atoms with van der Waals surface area (Å²) < 4.78 is 5.94. The van der Waals surface area contributed by atoms with Gasteiger partial charge in [0.05, 0.1) is 24.6 Å². The van der Waals surface area contributed by atoms with Crippen molar-refractivity contribution < 1.29 is 14.6 Å². The highest BCUT2D eigenvalue weighted by Gasteiger charge is 2.14. The van der Waals surface area contributed by atoms with Crippen LogP contribution in [0.4, 0.5) is 0 Å². The molecule has 0 radical (unpaired) electrons. The van der Waals surface area contributed by atoms with Gasteiger partial charge in [0.2, 0.25) is 5.88 Å². The molecule has 0 aliphatic heterocycles. The van der Waals surface area contributed by atoms with Gasteiger partial charge < -0.3 is 9.84 Å². The van der Waals surface area contributed by atoms with Gasteiger partial charge in [0.15, 0.2) is 0 Å². The first-order valence-corrected chi connectivity index (χ1v) is 7.97. The second-order valence-corrected chi connectivity index (χ2v) is 5.47. The summed E-state index contributed by atoms with van der Waals surface area (Å²) in [7, 11) is 1.49. The first-order valence-electron chi connectivity index (χ1n) is 7.97. The molecular formula is C18H15N5O5. The van der Waals surface area contributed by atoms with E-state index >= 15 is 0 Å². The van der Waals surface area contributed by atoms with E-state index in [-0.39, 0.29) is 11.1 Å². The molecule has 28 heavy (non-hydrogen) atoms. The fourth-order valence-electron chi connectivity index (χ4n) is 2.34. The number of amides is 1. The van der Waals surface area contributed by atoms with Crippen LogP contribution < -0.4 is 21.4 Å². The van der Waals surface area contributed by atoms with Crippen molar-refractivity contribution >= 4 is 12.1 Å². The maximum absolute atomic E-state index is 12.1. The number of H-pyrrole nitrogens is 1. The van der Waals surface area contributed by atoms with E-state index in [1.807, 2.05) is 0 Å². The lowest BCUT2D eigenvalue weighted by Gasteiger charge is -2.10. The number of aromatic amines is 1. The molecule has 10 heteroatoms. The van der Waals surface area contributed by atoms with Gasteiger partial charge in [0.25, 0.3) is 11.5 Å². The van der Waals surface area contributed by atoms with Gasteiger partial charge >= 0.3 is 5.69 Å². The van der Waals surface area contributed by atoms with Crippen LogP contribution in [0.1, 0.15) is 15.9 Å². The Kier molecular flexibility index (Phi) is 5.30. The fraction of sp³-hybridized carbons (Fsp3) is 0.0556. The number of hydrogen-bond acceptors (Lipinski definition) is 7. The molecule has 0 atom stereocenters. The van der Waals surface area contributed by atoms with Crippen molar-refractivity contribution in [2.24, 2.45) is 5.10 Å². The summed E-state index contributed by atoms with van der Waals surface area (Å²) in [6, 6.07) is 9.36. The van der Waals surface area contributed by atoms with E-state index in [0.717, 1.165) is 10.8 Å². The Hall–Kier alpha value is -4.21. The van der Waals surface area contributed by atoms with E-state index in [0.29, 0.717) is 11.4 Å². The van der Waals surface area contributed by atoms with Crippen molar-refractivity contribution in [3.05, 3.63) is 80.8 Å². The number of hydrazone groups is 1. The summed E-state index contributed by atoms with van der Waals surface area (Å²) in [4.78, 5) is 42.0. The molecule has 0 aliphatic carbocycles. The predicted octanol–water partition coefficient (Wildman–Crippen LogP) is 0.399. The minimum absolute atomic E-state index is 0.265. The number of methoxy groups -OCH3 is 1. The van der Waals surface area contributed by atoms with Gasteiger partial charge in [0.1, 0.15) is 11.3 Å². The third-order valence-electron chi connectivity index (χ3n) is 3.73. The van der Waals surface area contributed by atoms with Crippen LogP contribution in [0.3, 0.4) is 0 Å². The molecule has 0 aliphatic rings. The highest BCUT2D eigenvalue weighted by molar-refractivity contribution is 5.94. The van der Waals surface area contributed by atoms with Crippen molar-refractivity contribution in [1.82, 2.24) is 20.0 Å². The lowest BCUT2D eigenvalue weighted by molar-refractivity contribution is 0.0954. The van der Waals surface area contributed by atoms with E-state index in [1.165, 1.54) is 37.7 Å². The van der Waals surface area contributed by atoms with Gasteiger partial charge in [0, 0.05) is 12.4 Å². The average molecular weight is 381 g/mol. The highest BCUT2D eigenvalue weighted by Crippen LogP contribution is 2.18. The summed E-state index contributed by atoms with van der Waals surface area (Å²) in [6.07, 6.45) is 3.81. The third kappa shape index (κ3) is 3.80. The van der Waals surface area contributed by atoms with Crippen LogP contribution in [0.5, 0.6) is 11.6 Å². The van der Waals surface area contributed by atoms with Gasteiger partial charge in [-0.15, -0.1) is 0 Å². The zero-order valence-electron chi connectivity index (χ0n) is 14.6. The highest BCUT2D eigenvalue weighted by atomic mass is 16.5. The van der Waals surface area contributed by atoms with Crippen molar-refractivity contribution in [3.63, 3.8) is 0 Å². The third-order valence-corrected chi connectivity index (χ3v) is 3.73. The van der Waals surface area contributed by atoms with Crippen LogP contribution in [-0.2, 0) is 0 Å². The molecule has 0 unspecified atom stereocenters. The standard InChI is InChI=1S/C18H15N5O5/c1-28-13-6-4-12(5-7-13)23-17(26)14(16(25)21-18(23)27)10-20-22-15(24)11-3-2-8-19-9-11/h2-10,26H,1H3,(H,22,24)(H,21,25,27)/b20-10+. The molecule has 3 N–H and O–H groups in total. The lowest BCUT2D eigenvalue weighted by atomic mass is 10.2. The minimum Gasteiger partial charge on any atom is -0.497 e. The molecule has 0 spiro atoms. The number of ether oxygens (including phenoxy) is 1. The molecule has 10 nitrogen and oxygen atoms in total. The molecule has 2 heterocycles. The van der Waals surface area contributed by atoms with E-state index in [4.69, 9.17) is 4.74 Å². The summed E-state index contributed by atoms with van der Waals surface area (Å²) in [5.74, 6) is -0.623. The van der Waals surface area contributed by atoms with Crippen molar-refractivity contribution in [2.45, 2.75) is 0 Å². The summed E-state index contributed by atoms with van der Waals surface area (Å²) >= 11 is 0. The Labute approximate surface area is 157 Å². The molecule has 3 aromatic rings. The van der Waals surface area contributed by atoms with Gasteiger partial charge in [-0.2, -0.15) is 5.10 Å². The zero-order valence-corrected chi connectivity index (χ0v) is 14.6. The fourth-order valence-corrected chi connectivity index (χ4v) is 2.34. The van der Waals surface area contributed by atoms with Crippen LogP contribution in [-0.4, -0.2) is 38.9 Å². The first kappa shape index (κ1) is 18.6. The Bertz CT molecular complexity index is 1130. The van der Waals surface area contributed by atoms with Crippen molar-refractivity contribution in [2.75, 3.05) is 7.11 Å². The molecule has 0 saturated carbocycles. The van der Waals surface area contributed by atoms with Crippen LogP contribution in [0.25, 0.3) is 5.69 Å². The Morgan fingerprint density at radius 1 is 1.29 bits per heavy atom. The number of rotatable bonds is 5. The van der Waals surface area contributed by atoms with Crippen LogP contribution >= 0.6 is 0 Å². The Morgan fingerprint density at radius 2 is 2.04 bits per heavy atom. The number of hydrogen-bond donors (Lipinski definition) is 3. The Balaban J connectivity index is 1.92. The summed E-state index contributed by atoms with van der Waals surface area (Å²) in [5.41, 5.74) is 0.790. The van der Waals surface area contributed by atoms with E-state index < -0.39 is 23.0 Å². The summed E-state index contributed by atoms with van der Waals surface area (Å²) in [6.45, 7) is 0. The van der Waals surface area contributed by atoms with Crippen LogP contribution in [0, 0.1) is 0 Å². The van der Waals surface area contributed by atoms with E-state index in [9.17, 15) is 19.5 Å². The minimum atomic E-state index is -0.855. The average Bonchev–Trinajstić information content (AvgIpc) is 2.71. The SMILES string of the molecule is COc1ccc(-n2c(O)c(/C=N/NC(=O)c3cccnc3)c(=O)[nH]c2=O)cc1. The Morgan fingerprint density at radius 3 is 2.68 bits per heavy atom. The van der Waals surface area contributed by atoms with Gasteiger partial charge in [-0.05, 0) is 36.4 Å². The van der Waals surface area contributed by atoms with E-state index in [1.54, 1.807) is 18.2 Å². The van der Waals surface area contributed by atoms with Gasteiger partial charge in [-0.3, -0.25) is 19.6 Å². The number of nitrogens with zero attached hydrogens (tertiary/aromatic N) is 3. The molecule has 1 amide bonds. The predicted molar refractivity (Wildman–Crippen MR) is 100 cm³/mol. The molecule has 0 saturated heterocycles.